The van der Waals surface area contributed by atoms with E-state index in [0.717, 1.165) is 0 Å². The third-order valence-corrected chi connectivity index (χ3v) is 2.86. The average molecular weight is 275 g/mol. The molecular formula is C12H9F4NO2. The Kier molecular flexibility index (Phi) is 3.30. The fourth-order valence-electron chi connectivity index (χ4n) is 1.90. The van der Waals surface area contributed by atoms with Crippen molar-refractivity contribution < 1.29 is 27.2 Å². The predicted molar refractivity (Wildman–Crippen MR) is 58.7 cm³/mol. The van der Waals surface area contributed by atoms with Gasteiger partial charge in [-0.2, -0.15) is 8.78 Å². The van der Waals surface area contributed by atoms with Gasteiger partial charge in [0.2, 0.25) is 0 Å². The SMILES string of the molecule is O=C1CCN(C(=O)C(F)(F)C(F)F)c2ccccc21. The molecule has 0 unspecified atom stereocenters. The highest BCUT2D eigenvalue weighted by atomic mass is 19.3. The van der Waals surface area contributed by atoms with Gasteiger partial charge in [-0.05, 0) is 12.1 Å². The number of hydrogen-bond acceptors (Lipinski definition) is 2. The second-order valence-electron chi connectivity index (χ2n) is 4.07. The Balaban J connectivity index is 2.41. The third-order valence-electron chi connectivity index (χ3n) is 2.86. The molecule has 0 saturated carbocycles. The van der Waals surface area contributed by atoms with E-state index in [-0.39, 0.29) is 30.0 Å². The number of benzene rings is 1. The minimum atomic E-state index is -4.76. The summed E-state index contributed by atoms with van der Waals surface area (Å²) in [6, 6.07) is 5.61. The summed E-state index contributed by atoms with van der Waals surface area (Å²) in [5.41, 5.74) is 0.0382. The fraction of sp³-hybridized carbons (Fsp3) is 0.333. The molecule has 7 heteroatoms. The van der Waals surface area contributed by atoms with Gasteiger partial charge in [-0.25, -0.2) is 8.78 Å². The van der Waals surface area contributed by atoms with Crippen LogP contribution < -0.4 is 4.90 Å². The summed E-state index contributed by atoms with van der Waals surface area (Å²) in [6.07, 6.45) is -4.24. The van der Waals surface area contributed by atoms with E-state index in [1.807, 2.05) is 0 Å². The first-order chi connectivity index (χ1) is 8.85. The second kappa shape index (κ2) is 4.64. The number of carbonyl (C=O) groups excluding carboxylic acids is 2. The molecule has 0 fully saturated rings. The topological polar surface area (TPSA) is 37.4 Å². The summed E-state index contributed by atoms with van der Waals surface area (Å²) >= 11 is 0. The van der Waals surface area contributed by atoms with E-state index < -0.39 is 18.3 Å². The minimum Gasteiger partial charge on any atom is -0.306 e. The molecule has 1 aromatic carbocycles. The molecule has 1 aliphatic rings. The Labute approximate surface area is 105 Å². The molecule has 0 radical (unpaired) electrons. The molecule has 0 aliphatic carbocycles. The molecule has 0 spiro atoms. The monoisotopic (exact) mass is 275 g/mol. The number of alkyl halides is 4. The van der Waals surface area contributed by atoms with Crippen molar-refractivity contribution in [3.8, 4) is 0 Å². The minimum absolute atomic E-state index is 0.0518. The van der Waals surface area contributed by atoms with Gasteiger partial charge in [-0.15, -0.1) is 0 Å². The molecule has 1 amide bonds. The van der Waals surface area contributed by atoms with Crippen LogP contribution in [0, 0.1) is 0 Å². The first kappa shape index (κ1) is 13.5. The van der Waals surface area contributed by atoms with Crippen LogP contribution >= 0.6 is 0 Å². The molecule has 3 nitrogen and oxygen atoms in total. The van der Waals surface area contributed by atoms with Crippen molar-refractivity contribution in [2.75, 3.05) is 11.4 Å². The van der Waals surface area contributed by atoms with Gasteiger partial charge in [0.05, 0.1) is 5.69 Å². The summed E-state index contributed by atoms with van der Waals surface area (Å²) in [5.74, 6) is -7.05. The molecule has 0 saturated heterocycles. The van der Waals surface area contributed by atoms with E-state index >= 15 is 0 Å². The number of ketones is 1. The van der Waals surface area contributed by atoms with Crippen molar-refractivity contribution in [1.29, 1.82) is 0 Å². The van der Waals surface area contributed by atoms with E-state index in [4.69, 9.17) is 0 Å². The maximum absolute atomic E-state index is 13.1. The van der Waals surface area contributed by atoms with Crippen LogP contribution in [0.5, 0.6) is 0 Å². The van der Waals surface area contributed by atoms with Crippen molar-refractivity contribution in [3.05, 3.63) is 29.8 Å². The van der Waals surface area contributed by atoms with Crippen LogP contribution in [0.4, 0.5) is 23.2 Å². The zero-order valence-electron chi connectivity index (χ0n) is 9.58. The Morgan fingerprint density at radius 2 is 1.89 bits per heavy atom. The standard InChI is InChI=1S/C12H9F4NO2/c13-10(14)12(15,16)11(19)17-6-5-9(18)7-3-1-2-4-8(7)17/h1-4,10H,5-6H2. The van der Waals surface area contributed by atoms with Gasteiger partial charge in [-0.1, -0.05) is 12.1 Å². The van der Waals surface area contributed by atoms with Crippen molar-refractivity contribution in [3.63, 3.8) is 0 Å². The summed E-state index contributed by atoms with van der Waals surface area (Å²) in [7, 11) is 0. The number of halogens is 4. The lowest BCUT2D eigenvalue weighted by atomic mass is 10.00. The van der Waals surface area contributed by atoms with Crippen LogP contribution in [-0.2, 0) is 4.79 Å². The Morgan fingerprint density at radius 3 is 2.53 bits per heavy atom. The number of rotatable bonds is 2. The van der Waals surface area contributed by atoms with Crippen LogP contribution in [0.1, 0.15) is 16.8 Å². The van der Waals surface area contributed by atoms with Gasteiger partial charge >= 0.3 is 18.3 Å². The number of hydrogen-bond donors (Lipinski definition) is 0. The van der Waals surface area contributed by atoms with E-state index in [1.165, 1.54) is 24.3 Å². The molecule has 0 aromatic heterocycles. The van der Waals surface area contributed by atoms with Crippen LogP contribution in [-0.4, -0.2) is 30.6 Å². The molecule has 0 bridgehead atoms. The molecule has 102 valence electrons. The first-order valence-corrected chi connectivity index (χ1v) is 5.46. The normalized spacial score (nSPS) is 15.6. The highest BCUT2D eigenvalue weighted by Crippen LogP contribution is 2.32. The second-order valence-corrected chi connectivity index (χ2v) is 4.07. The number of amides is 1. The van der Waals surface area contributed by atoms with E-state index in [1.54, 1.807) is 0 Å². The van der Waals surface area contributed by atoms with E-state index in [9.17, 15) is 27.2 Å². The Hall–Kier alpha value is -1.92. The van der Waals surface area contributed by atoms with E-state index in [0.29, 0.717) is 4.90 Å². The van der Waals surface area contributed by atoms with Crippen molar-refractivity contribution >= 4 is 17.4 Å². The molecule has 19 heavy (non-hydrogen) atoms. The molecule has 1 aliphatic heterocycles. The van der Waals surface area contributed by atoms with Crippen molar-refractivity contribution in [1.82, 2.24) is 0 Å². The third kappa shape index (κ3) is 2.20. The van der Waals surface area contributed by atoms with Gasteiger partial charge in [0.25, 0.3) is 0 Å². The lowest BCUT2D eigenvalue weighted by molar-refractivity contribution is -0.166. The zero-order chi connectivity index (χ0) is 14.2. The molecule has 0 atom stereocenters. The molecule has 1 aromatic rings. The molecule has 2 rings (SSSR count). The largest absolute Gasteiger partial charge is 0.384 e. The number of anilines is 1. The predicted octanol–water partition coefficient (Wildman–Crippen LogP) is 2.51. The fourth-order valence-corrected chi connectivity index (χ4v) is 1.90. The van der Waals surface area contributed by atoms with Gasteiger partial charge in [-0.3, -0.25) is 9.59 Å². The highest BCUT2D eigenvalue weighted by molar-refractivity contribution is 6.10. The molecular weight excluding hydrogens is 266 g/mol. The van der Waals surface area contributed by atoms with Crippen LogP contribution in [0.3, 0.4) is 0 Å². The summed E-state index contributed by atoms with van der Waals surface area (Å²) < 4.78 is 50.6. The lowest BCUT2D eigenvalue weighted by Crippen LogP contribution is -2.50. The van der Waals surface area contributed by atoms with Gasteiger partial charge in [0, 0.05) is 18.5 Å². The number of Topliss-reactive ketones (excluding diaryl/α,β-unsaturated/α-hetero) is 1. The maximum atomic E-state index is 13.1. The molecule has 1 heterocycles. The number of para-hydroxylation sites is 1. The molecule has 0 N–H and O–H groups in total. The smallest absolute Gasteiger partial charge is 0.306 e. The van der Waals surface area contributed by atoms with Gasteiger partial charge in [0.15, 0.2) is 5.78 Å². The summed E-state index contributed by atoms with van der Waals surface area (Å²) in [5, 5.41) is 0. The van der Waals surface area contributed by atoms with Crippen LogP contribution in [0.2, 0.25) is 0 Å². The summed E-state index contributed by atoms with van der Waals surface area (Å²) in [6.45, 7) is -0.322. The van der Waals surface area contributed by atoms with Gasteiger partial charge < -0.3 is 4.90 Å². The van der Waals surface area contributed by atoms with Crippen molar-refractivity contribution in [2.24, 2.45) is 0 Å². The Morgan fingerprint density at radius 1 is 1.26 bits per heavy atom. The average Bonchev–Trinajstić information content (AvgIpc) is 2.38. The quantitative estimate of drug-likeness (QED) is 0.778. The number of carbonyl (C=O) groups is 2. The Bertz CT molecular complexity index is 530. The summed E-state index contributed by atoms with van der Waals surface area (Å²) in [4.78, 5) is 23.6. The van der Waals surface area contributed by atoms with Gasteiger partial charge in [0.1, 0.15) is 0 Å². The van der Waals surface area contributed by atoms with Crippen LogP contribution in [0.25, 0.3) is 0 Å². The van der Waals surface area contributed by atoms with E-state index in [2.05, 4.69) is 0 Å². The van der Waals surface area contributed by atoms with Crippen molar-refractivity contribution in [2.45, 2.75) is 18.8 Å². The van der Waals surface area contributed by atoms with Crippen LogP contribution in [0.15, 0.2) is 24.3 Å². The zero-order valence-corrected chi connectivity index (χ0v) is 9.58. The lowest BCUT2D eigenvalue weighted by Gasteiger charge is -2.31. The maximum Gasteiger partial charge on any atom is 0.384 e. The number of fused-ring (bicyclic) bond motifs is 1. The number of nitrogens with zero attached hydrogens (tertiary/aromatic N) is 1. The highest BCUT2D eigenvalue weighted by Gasteiger charge is 2.52. The first-order valence-electron chi connectivity index (χ1n) is 5.46.